The molecular formula is C28H27ClN3O4S-. The van der Waals surface area contributed by atoms with E-state index >= 15 is 0 Å². The topological polar surface area (TPSA) is 87.5 Å². The van der Waals surface area contributed by atoms with Gasteiger partial charge in [-0.25, -0.2) is 14.1 Å². The molecule has 0 N–H and O–H groups in total. The van der Waals surface area contributed by atoms with Crippen LogP contribution in [0.15, 0.2) is 85.1 Å². The standard InChI is InChI=1S/C28H28ClN3O4S/c1-2-3-13-27-30-25(22-9-5-4-6-10-22)20-31(27)23-16-14-21(15-17-23)18-19-32(37(34)35)28(33)36-26-12-8-7-11-24(26)29/h4-12,14-17,20H,2-3,13,18-19H2,1H3,(H,34,35)/p-1. The monoisotopic (exact) mass is 536 g/mol. The van der Waals surface area contributed by atoms with Crippen LogP contribution in [-0.2, 0) is 24.1 Å². The Morgan fingerprint density at radius 1 is 1.03 bits per heavy atom. The Kier molecular flexibility index (Phi) is 9.11. The van der Waals surface area contributed by atoms with E-state index in [1.54, 1.807) is 18.2 Å². The van der Waals surface area contributed by atoms with Gasteiger partial charge in [0.15, 0.2) is 5.75 Å². The maximum atomic E-state index is 12.5. The number of carbonyl (C=O) groups excluding carboxylic acids is 1. The summed E-state index contributed by atoms with van der Waals surface area (Å²) in [5.74, 6) is 1.09. The average Bonchev–Trinajstić information content (AvgIpc) is 3.34. The summed E-state index contributed by atoms with van der Waals surface area (Å²) in [5, 5.41) is 0.219. The molecule has 1 atom stereocenters. The minimum Gasteiger partial charge on any atom is -0.755 e. The Balaban J connectivity index is 1.47. The number of nitrogens with zero attached hydrogens (tertiary/aromatic N) is 3. The van der Waals surface area contributed by atoms with Crippen LogP contribution in [0.1, 0.15) is 31.2 Å². The first-order valence-electron chi connectivity index (χ1n) is 12.0. The largest absolute Gasteiger partial charge is 0.755 e. The van der Waals surface area contributed by atoms with E-state index in [9.17, 15) is 13.6 Å². The van der Waals surface area contributed by atoms with Crippen molar-refractivity contribution in [2.45, 2.75) is 32.6 Å². The number of carbonyl (C=O) groups is 1. The van der Waals surface area contributed by atoms with Crippen LogP contribution in [0.4, 0.5) is 4.79 Å². The fraction of sp³-hybridized carbons (Fsp3) is 0.214. The summed E-state index contributed by atoms with van der Waals surface area (Å²) in [6.07, 6.45) is 4.34. The molecule has 0 bridgehead atoms. The molecule has 0 aliphatic rings. The summed E-state index contributed by atoms with van der Waals surface area (Å²) in [7, 11) is 0. The maximum absolute atomic E-state index is 12.5. The molecule has 1 amide bonds. The number of aryl methyl sites for hydroxylation is 1. The molecule has 0 saturated heterocycles. The van der Waals surface area contributed by atoms with Gasteiger partial charge in [-0.1, -0.05) is 79.5 Å². The van der Waals surface area contributed by atoms with E-state index in [0.717, 1.165) is 47.6 Å². The lowest BCUT2D eigenvalue weighted by Gasteiger charge is -2.23. The zero-order chi connectivity index (χ0) is 26.2. The molecule has 1 heterocycles. The summed E-state index contributed by atoms with van der Waals surface area (Å²) < 4.78 is 31.3. The third kappa shape index (κ3) is 6.85. The van der Waals surface area contributed by atoms with E-state index in [0.29, 0.717) is 10.7 Å². The van der Waals surface area contributed by atoms with Crippen molar-refractivity contribution in [3.63, 3.8) is 0 Å². The van der Waals surface area contributed by atoms with E-state index < -0.39 is 17.4 Å². The average molecular weight is 537 g/mol. The number of unbranched alkanes of at least 4 members (excludes halogenated alkanes) is 1. The number of imidazole rings is 1. The van der Waals surface area contributed by atoms with Crippen LogP contribution in [0.5, 0.6) is 5.75 Å². The molecule has 1 unspecified atom stereocenters. The Hall–Kier alpha value is -3.46. The lowest BCUT2D eigenvalue weighted by Crippen LogP contribution is -2.36. The molecule has 192 valence electrons. The van der Waals surface area contributed by atoms with Gasteiger partial charge in [0.1, 0.15) is 5.82 Å². The molecule has 0 fully saturated rings. The van der Waals surface area contributed by atoms with Crippen molar-refractivity contribution in [3.8, 4) is 22.7 Å². The Bertz CT molecular complexity index is 1360. The summed E-state index contributed by atoms with van der Waals surface area (Å²) in [6, 6.07) is 24.2. The number of ether oxygens (including phenoxy) is 1. The SMILES string of the molecule is CCCCc1nc(-c2ccccc2)cn1-c1ccc(CCN(C(=O)Oc2ccccc2Cl)S(=O)[O-])cc1. The molecule has 37 heavy (non-hydrogen) atoms. The number of rotatable bonds is 10. The first kappa shape index (κ1) is 26.6. The highest BCUT2D eigenvalue weighted by Crippen LogP contribution is 2.25. The Labute approximate surface area is 224 Å². The molecule has 0 aliphatic heterocycles. The van der Waals surface area contributed by atoms with Gasteiger partial charge >= 0.3 is 6.09 Å². The first-order valence-corrected chi connectivity index (χ1v) is 13.4. The maximum Gasteiger partial charge on any atom is 0.426 e. The molecule has 1 aromatic heterocycles. The molecule has 0 radical (unpaired) electrons. The van der Waals surface area contributed by atoms with Gasteiger partial charge in [-0.05, 0) is 42.7 Å². The van der Waals surface area contributed by atoms with Gasteiger partial charge in [0.25, 0.3) is 0 Å². The molecule has 0 saturated carbocycles. The fourth-order valence-corrected chi connectivity index (χ4v) is 4.43. The van der Waals surface area contributed by atoms with Crippen LogP contribution in [-0.4, -0.2) is 35.3 Å². The van der Waals surface area contributed by atoms with Gasteiger partial charge in [0.05, 0.1) is 22.0 Å². The zero-order valence-electron chi connectivity index (χ0n) is 20.4. The van der Waals surface area contributed by atoms with Crippen LogP contribution in [0.2, 0.25) is 5.02 Å². The van der Waals surface area contributed by atoms with Gasteiger partial charge in [-0.15, -0.1) is 0 Å². The van der Waals surface area contributed by atoms with E-state index in [1.807, 2.05) is 60.8 Å². The number of amides is 1. The van der Waals surface area contributed by atoms with Gasteiger partial charge in [0.2, 0.25) is 0 Å². The van der Waals surface area contributed by atoms with Crippen molar-refractivity contribution in [2.75, 3.05) is 6.54 Å². The Morgan fingerprint density at radius 3 is 2.41 bits per heavy atom. The summed E-state index contributed by atoms with van der Waals surface area (Å²) >= 11 is 3.22. The molecule has 0 aliphatic carbocycles. The van der Waals surface area contributed by atoms with Gasteiger partial charge in [-0.2, -0.15) is 0 Å². The molecule has 9 heteroatoms. The van der Waals surface area contributed by atoms with Crippen molar-refractivity contribution in [1.82, 2.24) is 13.9 Å². The summed E-state index contributed by atoms with van der Waals surface area (Å²) in [4.78, 5) is 17.3. The molecule has 4 aromatic rings. The second kappa shape index (κ2) is 12.7. The van der Waals surface area contributed by atoms with E-state index in [1.165, 1.54) is 6.07 Å². The molecule has 0 spiro atoms. The third-order valence-corrected chi connectivity index (χ3v) is 6.84. The van der Waals surface area contributed by atoms with E-state index in [4.69, 9.17) is 21.3 Å². The van der Waals surface area contributed by atoms with E-state index in [-0.39, 0.29) is 17.3 Å². The quantitative estimate of drug-likeness (QED) is 0.220. The lowest BCUT2D eigenvalue weighted by molar-refractivity contribution is 0.178. The number of hydrogen-bond donors (Lipinski definition) is 0. The zero-order valence-corrected chi connectivity index (χ0v) is 22.0. The highest BCUT2D eigenvalue weighted by atomic mass is 35.5. The van der Waals surface area contributed by atoms with Crippen molar-refractivity contribution >= 4 is 29.0 Å². The molecule has 4 rings (SSSR count). The van der Waals surface area contributed by atoms with Crippen molar-refractivity contribution in [3.05, 3.63) is 101 Å². The van der Waals surface area contributed by atoms with Gasteiger partial charge < -0.3 is 13.9 Å². The van der Waals surface area contributed by atoms with Crippen LogP contribution in [0, 0.1) is 0 Å². The van der Waals surface area contributed by atoms with Crippen LogP contribution < -0.4 is 4.74 Å². The van der Waals surface area contributed by atoms with Crippen molar-refractivity contribution < 1.29 is 18.3 Å². The molecule has 7 nitrogen and oxygen atoms in total. The van der Waals surface area contributed by atoms with Gasteiger partial charge in [-0.3, -0.25) is 4.21 Å². The minimum absolute atomic E-state index is 0.0657. The Morgan fingerprint density at radius 2 is 1.73 bits per heavy atom. The molecular weight excluding hydrogens is 510 g/mol. The lowest BCUT2D eigenvalue weighted by atomic mass is 10.1. The van der Waals surface area contributed by atoms with Crippen molar-refractivity contribution in [1.29, 1.82) is 0 Å². The smallest absolute Gasteiger partial charge is 0.426 e. The number of benzene rings is 3. The predicted molar refractivity (Wildman–Crippen MR) is 144 cm³/mol. The number of hydrogen-bond acceptors (Lipinski definition) is 5. The highest BCUT2D eigenvalue weighted by Gasteiger charge is 2.18. The summed E-state index contributed by atoms with van der Waals surface area (Å²) in [6.45, 7) is 2.09. The van der Waals surface area contributed by atoms with Gasteiger partial charge in [0, 0.05) is 30.4 Å². The van der Waals surface area contributed by atoms with E-state index in [2.05, 4.69) is 11.5 Å². The number of halogens is 1. The highest BCUT2D eigenvalue weighted by molar-refractivity contribution is 7.77. The van der Waals surface area contributed by atoms with Crippen LogP contribution in [0.3, 0.4) is 0 Å². The summed E-state index contributed by atoms with van der Waals surface area (Å²) in [5.41, 5.74) is 3.82. The fourth-order valence-electron chi connectivity index (χ4n) is 3.85. The second-order valence-corrected chi connectivity index (χ2v) is 9.70. The van der Waals surface area contributed by atoms with Crippen LogP contribution >= 0.6 is 11.6 Å². The molecule has 3 aromatic carbocycles. The minimum atomic E-state index is -2.79. The van der Waals surface area contributed by atoms with Crippen LogP contribution in [0.25, 0.3) is 16.9 Å². The third-order valence-electron chi connectivity index (χ3n) is 5.84. The number of para-hydroxylation sites is 1. The van der Waals surface area contributed by atoms with Crippen molar-refractivity contribution in [2.24, 2.45) is 0 Å². The second-order valence-electron chi connectivity index (χ2n) is 8.42. The normalized spacial score (nSPS) is 11.8. The predicted octanol–water partition coefficient (Wildman–Crippen LogP) is 6.37. The first-order chi connectivity index (χ1) is 18.0. The number of aromatic nitrogens is 2.